The van der Waals surface area contributed by atoms with Gasteiger partial charge in [0.1, 0.15) is 0 Å². The molecule has 0 saturated carbocycles. The Kier molecular flexibility index (Phi) is 7.18. The van der Waals surface area contributed by atoms with Gasteiger partial charge >= 0.3 is 17.8 Å². The number of carbonyl (C=O) groups is 3. The molecule has 2 amide bonds. The van der Waals surface area contributed by atoms with E-state index in [2.05, 4.69) is 5.32 Å². The van der Waals surface area contributed by atoms with Crippen LogP contribution in [-0.2, 0) is 32.0 Å². The number of likely N-dealkylation sites (tertiary alicyclic amines) is 1. The van der Waals surface area contributed by atoms with Crippen LogP contribution in [0, 0.1) is 5.92 Å². The van der Waals surface area contributed by atoms with Crippen LogP contribution in [0.25, 0.3) is 0 Å². The molecule has 0 bridgehead atoms. The number of hydrogen-bond acceptors (Lipinski definition) is 4. The SMILES string of the molecule is CCOC(=O)C1CCCN(C(=O)C(=O)Nc2c(CC)cccc2CC)C1. The standard InChI is InChI=1S/C20H28N2O4/c1-4-14-9-7-10-15(5-2)17(14)21-18(23)19(24)22-12-8-11-16(13-22)20(25)26-6-3/h7,9-10,16H,4-6,8,11-13H2,1-3H3,(H,21,23). The second-order valence-corrected chi connectivity index (χ2v) is 6.45. The first-order chi connectivity index (χ1) is 12.5. The fraction of sp³-hybridized carbons (Fsp3) is 0.550. The number of aryl methyl sites for hydroxylation is 2. The number of para-hydroxylation sites is 1. The van der Waals surface area contributed by atoms with Gasteiger partial charge in [0.2, 0.25) is 0 Å². The molecule has 1 saturated heterocycles. The molecule has 0 aliphatic carbocycles. The van der Waals surface area contributed by atoms with Crippen LogP contribution in [0.3, 0.4) is 0 Å². The lowest BCUT2D eigenvalue weighted by Crippen LogP contribution is -2.47. The lowest BCUT2D eigenvalue weighted by molar-refractivity contribution is -0.153. The van der Waals surface area contributed by atoms with Crippen LogP contribution < -0.4 is 5.32 Å². The Balaban J connectivity index is 2.08. The zero-order valence-electron chi connectivity index (χ0n) is 15.8. The van der Waals surface area contributed by atoms with Gasteiger partial charge in [-0.2, -0.15) is 0 Å². The zero-order chi connectivity index (χ0) is 19.1. The van der Waals surface area contributed by atoms with Crippen molar-refractivity contribution in [3.63, 3.8) is 0 Å². The molecule has 1 unspecified atom stereocenters. The average molecular weight is 360 g/mol. The summed E-state index contributed by atoms with van der Waals surface area (Å²) in [7, 11) is 0. The van der Waals surface area contributed by atoms with Crippen molar-refractivity contribution in [3.05, 3.63) is 29.3 Å². The van der Waals surface area contributed by atoms with Gasteiger partial charge in [0.25, 0.3) is 0 Å². The minimum atomic E-state index is -0.648. The smallest absolute Gasteiger partial charge is 0.313 e. The minimum absolute atomic E-state index is 0.237. The number of ether oxygens (including phenoxy) is 1. The van der Waals surface area contributed by atoms with E-state index in [1.807, 2.05) is 32.0 Å². The molecule has 1 heterocycles. The van der Waals surface area contributed by atoms with Gasteiger partial charge in [-0.25, -0.2) is 0 Å². The van der Waals surface area contributed by atoms with Crippen molar-refractivity contribution in [1.82, 2.24) is 4.90 Å². The first-order valence-electron chi connectivity index (χ1n) is 9.39. The van der Waals surface area contributed by atoms with Crippen molar-refractivity contribution < 1.29 is 19.1 Å². The van der Waals surface area contributed by atoms with E-state index in [-0.39, 0.29) is 18.4 Å². The van der Waals surface area contributed by atoms with Crippen molar-refractivity contribution in [3.8, 4) is 0 Å². The van der Waals surface area contributed by atoms with Gasteiger partial charge in [0.05, 0.1) is 12.5 Å². The van der Waals surface area contributed by atoms with Crippen LogP contribution >= 0.6 is 0 Å². The summed E-state index contributed by atoms with van der Waals surface area (Å²) in [5, 5.41) is 2.80. The van der Waals surface area contributed by atoms with E-state index in [9.17, 15) is 14.4 Å². The fourth-order valence-electron chi connectivity index (χ4n) is 3.33. The number of anilines is 1. The van der Waals surface area contributed by atoms with Crippen LogP contribution in [0.4, 0.5) is 5.69 Å². The highest BCUT2D eigenvalue weighted by Gasteiger charge is 2.32. The van der Waals surface area contributed by atoms with E-state index in [1.165, 1.54) is 4.90 Å². The number of rotatable bonds is 5. The molecular formula is C20H28N2O4. The number of nitrogens with one attached hydrogen (secondary N) is 1. The predicted octanol–water partition coefficient (Wildman–Crippen LogP) is 2.55. The van der Waals surface area contributed by atoms with Crippen LogP contribution in [-0.4, -0.2) is 42.4 Å². The maximum Gasteiger partial charge on any atom is 0.313 e. The summed E-state index contributed by atoms with van der Waals surface area (Å²) in [5.74, 6) is -1.89. The fourth-order valence-corrected chi connectivity index (χ4v) is 3.33. The number of carbonyl (C=O) groups excluding carboxylic acids is 3. The summed E-state index contributed by atoms with van der Waals surface area (Å²) < 4.78 is 5.05. The summed E-state index contributed by atoms with van der Waals surface area (Å²) in [5.41, 5.74) is 2.75. The van der Waals surface area contributed by atoms with E-state index in [4.69, 9.17) is 4.74 Å². The molecule has 6 heteroatoms. The van der Waals surface area contributed by atoms with E-state index < -0.39 is 11.8 Å². The molecule has 0 spiro atoms. The van der Waals surface area contributed by atoms with Gasteiger partial charge in [0.15, 0.2) is 0 Å². The minimum Gasteiger partial charge on any atom is -0.466 e. The third kappa shape index (κ3) is 4.62. The lowest BCUT2D eigenvalue weighted by atomic mass is 9.98. The van der Waals surface area contributed by atoms with Crippen LogP contribution in [0.1, 0.15) is 44.7 Å². The molecule has 26 heavy (non-hydrogen) atoms. The van der Waals surface area contributed by atoms with Gasteiger partial charge in [-0.1, -0.05) is 32.0 Å². The number of benzene rings is 1. The summed E-state index contributed by atoms with van der Waals surface area (Å²) in [4.78, 5) is 38.5. The Labute approximate surface area is 154 Å². The summed E-state index contributed by atoms with van der Waals surface area (Å²) in [6.45, 7) is 6.83. The number of piperidine rings is 1. The van der Waals surface area contributed by atoms with Crippen molar-refractivity contribution >= 4 is 23.5 Å². The third-order valence-electron chi connectivity index (χ3n) is 4.76. The predicted molar refractivity (Wildman–Crippen MR) is 99.8 cm³/mol. The number of amides is 2. The van der Waals surface area contributed by atoms with Crippen LogP contribution in [0.15, 0.2) is 18.2 Å². The average Bonchev–Trinajstić information content (AvgIpc) is 2.67. The van der Waals surface area contributed by atoms with Gasteiger partial charge in [-0.05, 0) is 43.7 Å². The summed E-state index contributed by atoms with van der Waals surface area (Å²) in [6.07, 6.45) is 2.91. The maximum atomic E-state index is 12.6. The van der Waals surface area contributed by atoms with Crippen molar-refractivity contribution in [2.45, 2.75) is 46.5 Å². The van der Waals surface area contributed by atoms with Gasteiger partial charge in [0, 0.05) is 18.8 Å². The summed E-state index contributed by atoms with van der Waals surface area (Å²) >= 11 is 0. The molecule has 0 aromatic heterocycles. The molecule has 0 radical (unpaired) electrons. The lowest BCUT2D eigenvalue weighted by Gasteiger charge is -2.31. The van der Waals surface area contributed by atoms with Crippen molar-refractivity contribution in [1.29, 1.82) is 0 Å². The van der Waals surface area contributed by atoms with Crippen molar-refractivity contribution in [2.75, 3.05) is 25.0 Å². The molecule has 2 rings (SSSR count). The van der Waals surface area contributed by atoms with Gasteiger partial charge < -0.3 is 15.0 Å². The first-order valence-corrected chi connectivity index (χ1v) is 9.39. The Morgan fingerprint density at radius 1 is 1.15 bits per heavy atom. The van der Waals surface area contributed by atoms with Crippen LogP contribution in [0.5, 0.6) is 0 Å². The number of esters is 1. The van der Waals surface area contributed by atoms with E-state index in [1.54, 1.807) is 6.92 Å². The Morgan fingerprint density at radius 2 is 1.81 bits per heavy atom. The normalized spacial score (nSPS) is 16.9. The van der Waals surface area contributed by atoms with Crippen molar-refractivity contribution in [2.24, 2.45) is 5.92 Å². The topological polar surface area (TPSA) is 75.7 Å². The summed E-state index contributed by atoms with van der Waals surface area (Å²) in [6, 6.07) is 5.87. The maximum absolute atomic E-state index is 12.6. The number of hydrogen-bond donors (Lipinski definition) is 1. The molecule has 1 fully saturated rings. The molecule has 1 atom stereocenters. The van der Waals surface area contributed by atoms with E-state index in [0.29, 0.717) is 26.0 Å². The Hall–Kier alpha value is -2.37. The molecule has 1 aromatic rings. The second kappa shape index (κ2) is 9.36. The van der Waals surface area contributed by atoms with Gasteiger partial charge in [-0.15, -0.1) is 0 Å². The second-order valence-electron chi connectivity index (χ2n) is 6.45. The molecule has 142 valence electrons. The highest BCUT2D eigenvalue weighted by atomic mass is 16.5. The Bertz CT molecular complexity index is 650. The molecule has 6 nitrogen and oxygen atoms in total. The molecular weight excluding hydrogens is 332 g/mol. The monoisotopic (exact) mass is 360 g/mol. The highest BCUT2D eigenvalue weighted by molar-refractivity contribution is 6.39. The van der Waals surface area contributed by atoms with Gasteiger partial charge in [-0.3, -0.25) is 14.4 Å². The largest absolute Gasteiger partial charge is 0.466 e. The molecule has 1 N–H and O–H groups in total. The third-order valence-corrected chi connectivity index (χ3v) is 4.76. The van der Waals surface area contributed by atoms with Crippen LogP contribution in [0.2, 0.25) is 0 Å². The highest BCUT2D eigenvalue weighted by Crippen LogP contribution is 2.23. The molecule has 1 aromatic carbocycles. The first kappa shape index (κ1) is 19.9. The quantitative estimate of drug-likeness (QED) is 0.647. The van der Waals surface area contributed by atoms with E-state index in [0.717, 1.165) is 29.7 Å². The Morgan fingerprint density at radius 3 is 2.38 bits per heavy atom. The molecule has 1 aliphatic heterocycles. The van der Waals surface area contributed by atoms with E-state index >= 15 is 0 Å². The molecule has 1 aliphatic rings. The zero-order valence-corrected chi connectivity index (χ0v) is 15.8. The number of nitrogens with zero attached hydrogens (tertiary/aromatic N) is 1.